The number of rotatable bonds is 4. The van der Waals surface area contributed by atoms with Crippen LogP contribution in [0.3, 0.4) is 0 Å². The van der Waals surface area contributed by atoms with E-state index < -0.39 is 0 Å². The van der Waals surface area contributed by atoms with Gasteiger partial charge in [0.15, 0.2) is 0 Å². The summed E-state index contributed by atoms with van der Waals surface area (Å²) in [5.74, 6) is 0. The molecule has 0 aromatic heterocycles. The van der Waals surface area contributed by atoms with E-state index in [1.165, 1.54) is 5.56 Å². The van der Waals surface area contributed by atoms with Crippen molar-refractivity contribution in [2.75, 3.05) is 13.2 Å². The minimum atomic E-state index is -0.195. The van der Waals surface area contributed by atoms with Crippen molar-refractivity contribution in [3.05, 3.63) is 41.6 Å². The fraction of sp³-hybridized carbons (Fsp3) is 0.400. The highest BCUT2D eigenvalue weighted by molar-refractivity contribution is 5.75. The third kappa shape index (κ3) is 4.75. The van der Waals surface area contributed by atoms with Gasteiger partial charge in [-0.05, 0) is 31.4 Å². The second-order valence-corrected chi connectivity index (χ2v) is 4.74. The Morgan fingerprint density at radius 1 is 1.53 bits per heavy atom. The zero-order valence-electron chi connectivity index (χ0n) is 11.2. The van der Waals surface area contributed by atoms with Crippen LogP contribution in [0.25, 0.3) is 6.08 Å². The number of amides is 2. The van der Waals surface area contributed by atoms with Gasteiger partial charge in [0, 0.05) is 19.4 Å². The Balaban J connectivity index is 1.70. The van der Waals surface area contributed by atoms with Gasteiger partial charge in [-0.15, -0.1) is 0 Å². The van der Waals surface area contributed by atoms with Gasteiger partial charge in [0.2, 0.25) is 0 Å². The average Bonchev–Trinajstić information content (AvgIpc) is 2.89. The average molecular weight is 260 g/mol. The summed E-state index contributed by atoms with van der Waals surface area (Å²) in [4.78, 5) is 11.5. The Morgan fingerprint density at radius 3 is 3.16 bits per heavy atom. The summed E-state index contributed by atoms with van der Waals surface area (Å²) < 4.78 is 5.43. The quantitative estimate of drug-likeness (QED) is 0.873. The van der Waals surface area contributed by atoms with E-state index in [9.17, 15) is 4.79 Å². The summed E-state index contributed by atoms with van der Waals surface area (Å²) in [5.41, 5.74) is 2.27. The molecular formula is C15H20N2O2. The Bertz CT molecular complexity index is 451. The highest BCUT2D eigenvalue weighted by Gasteiger charge is 2.15. The van der Waals surface area contributed by atoms with E-state index in [1.54, 1.807) is 6.20 Å². The van der Waals surface area contributed by atoms with Crippen LogP contribution in [0.15, 0.2) is 30.5 Å². The molecule has 1 aliphatic rings. The molecule has 1 atom stereocenters. The molecule has 0 aliphatic carbocycles. The van der Waals surface area contributed by atoms with Gasteiger partial charge >= 0.3 is 6.03 Å². The molecule has 1 fully saturated rings. The molecule has 2 amide bonds. The molecule has 2 N–H and O–H groups in total. The zero-order chi connectivity index (χ0) is 13.5. The maximum atomic E-state index is 11.5. The lowest BCUT2D eigenvalue weighted by Crippen LogP contribution is -2.37. The first-order chi connectivity index (χ1) is 9.24. The molecule has 0 spiro atoms. The molecule has 4 heteroatoms. The molecule has 1 heterocycles. The first-order valence-corrected chi connectivity index (χ1v) is 6.63. The summed E-state index contributed by atoms with van der Waals surface area (Å²) in [6.07, 6.45) is 5.81. The van der Waals surface area contributed by atoms with Crippen molar-refractivity contribution in [2.24, 2.45) is 0 Å². The summed E-state index contributed by atoms with van der Waals surface area (Å²) in [5, 5.41) is 5.48. The number of nitrogens with one attached hydrogen (secondary N) is 2. The second-order valence-electron chi connectivity index (χ2n) is 4.74. The third-order valence-corrected chi connectivity index (χ3v) is 3.05. The Labute approximate surface area is 113 Å². The van der Waals surface area contributed by atoms with Crippen LogP contribution in [0.2, 0.25) is 0 Å². The van der Waals surface area contributed by atoms with Crippen LogP contribution in [0.4, 0.5) is 4.79 Å². The molecule has 1 aliphatic heterocycles. The smallest absolute Gasteiger partial charge is 0.318 e. The van der Waals surface area contributed by atoms with Gasteiger partial charge in [0.1, 0.15) is 0 Å². The maximum absolute atomic E-state index is 11.5. The van der Waals surface area contributed by atoms with Crippen molar-refractivity contribution >= 4 is 12.1 Å². The first-order valence-electron chi connectivity index (χ1n) is 6.63. The van der Waals surface area contributed by atoms with Crippen molar-refractivity contribution in [2.45, 2.75) is 25.9 Å². The maximum Gasteiger partial charge on any atom is 0.318 e. The largest absolute Gasteiger partial charge is 0.376 e. The predicted octanol–water partition coefficient (Wildman–Crippen LogP) is 2.44. The van der Waals surface area contributed by atoms with Crippen LogP contribution in [-0.4, -0.2) is 25.3 Å². The minimum Gasteiger partial charge on any atom is -0.376 e. The monoisotopic (exact) mass is 260 g/mol. The molecule has 19 heavy (non-hydrogen) atoms. The van der Waals surface area contributed by atoms with Crippen molar-refractivity contribution in [3.63, 3.8) is 0 Å². The molecule has 4 nitrogen and oxygen atoms in total. The molecular weight excluding hydrogens is 240 g/mol. The van der Waals surface area contributed by atoms with Crippen molar-refractivity contribution in [1.82, 2.24) is 10.6 Å². The van der Waals surface area contributed by atoms with Gasteiger partial charge in [-0.25, -0.2) is 4.79 Å². The predicted molar refractivity (Wildman–Crippen MR) is 75.7 cm³/mol. The number of carbonyl (C=O) groups is 1. The molecule has 1 aromatic rings. The van der Waals surface area contributed by atoms with E-state index in [1.807, 2.05) is 31.2 Å². The number of benzene rings is 1. The van der Waals surface area contributed by atoms with Gasteiger partial charge in [-0.1, -0.05) is 29.8 Å². The van der Waals surface area contributed by atoms with Crippen LogP contribution in [0.1, 0.15) is 24.0 Å². The lowest BCUT2D eigenvalue weighted by Gasteiger charge is -2.10. The van der Waals surface area contributed by atoms with Gasteiger partial charge in [-0.3, -0.25) is 0 Å². The Morgan fingerprint density at radius 2 is 2.42 bits per heavy atom. The Hall–Kier alpha value is -1.81. The molecule has 102 valence electrons. The normalized spacial score (nSPS) is 18.7. The van der Waals surface area contributed by atoms with E-state index in [2.05, 4.69) is 16.7 Å². The summed E-state index contributed by atoms with van der Waals surface area (Å²) >= 11 is 0. The van der Waals surface area contributed by atoms with Crippen LogP contribution >= 0.6 is 0 Å². The SMILES string of the molecule is Cc1cccc(/C=C/NC(=O)NCC2CCCO2)c1. The molecule has 0 saturated carbocycles. The number of ether oxygens (including phenoxy) is 1. The van der Waals surface area contributed by atoms with Gasteiger partial charge in [0.25, 0.3) is 0 Å². The number of hydrogen-bond donors (Lipinski definition) is 2. The molecule has 1 unspecified atom stereocenters. The molecule has 2 rings (SSSR count). The van der Waals surface area contributed by atoms with Gasteiger partial charge in [0.05, 0.1) is 6.10 Å². The van der Waals surface area contributed by atoms with Gasteiger partial charge in [-0.2, -0.15) is 0 Å². The van der Waals surface area contributed by atoms with E-state index in [4.69, 9.17) is 4.74 Å². The highest BCUT2D eigenvalue weighted by Crippen LogP contribution is 2.10. The number of carbonyl (C=O) groups excluding carboxylic acids is 1. The number of urea groups is 1. The zero-order valence-corrected chi connectivity index (χ0v) is 11.2. The lowest BCUT2D eigenvalue weighted by molar-refractivity contribution is 0.111. The van der Waals surface area contributed by atoms with Crippen molar-refractivity contribution in [1.29, 1.82) is 0 Å². The van der Waals surface area contributed by atoms with Gasteiger partial charge < -0.3 is 15.4 Å². The highest BCUT2D eigenvalue weighted by atomic mass is 16.5. The molecule has 1 aromatic carbocycles. The molecule has 1 saturated heterocycles. The van der Waals surface area contributed by atoms with Crippen molar-refractivity contribution < 1.29 is 9.53 Å². The lowest BCUT2D eigenvalue weighted by atomic mass is 10.1. The van der Waals surface area contributed by atoms with Crippen LogP contribution in [-0.2, 0) is 4.74 Å². The second kappa shape index (κ2) is 6.95. The van der Waals surface area contributed by atoms with E-state index >= 15 is 0 Å². The van der Waals surface area contributed by atoms with Crippen LogP contribution in [0, 0.1) is 6.92 Å². The summed E-state index contributed by atoms with van der Waals surface area (Å²) in [6.45, 7) is 3.42. The van der Waals surface area contributed by atoms with Crippen molar-refractivity contribution in [3.8, 4) is 0 Å². The van der Waals surface area contributed by atoms with E-state index in [-0.39, 0.29) is 12.1 Å². The van der Waals surface area contributed by atoms with Crippen LogP contribution in [0.5, 0.6) is 0 Å². The van der Waals surface area contributed by atoms with E-state index in [0.717, 1.165) is 25.0 Å². The standard InChI is InChI=1S/C15H20N2O2/c1-12-4-2-5-13(10-12)7-8-16-15(18)17-11-14-6-3-9-19-14/h2,4-5,7-8,10,14H,3,6,9,11H2,1H3,(H2,16,17,18)/b8-7+. The topological polar surface area (TPSA) is 50.4 Å². The first kappa shape index (κ1) is 13.6. The summed E-state index contributed by atoms with van der Waals surface area (Å²) in [6, 6.07) is 7.89. The Kier molecular flexibility index (Phi) is 4.98. The summed E-state index contributed by atoms with van der Waals surface area (Å²) in [7, 11) is 0. The fourth-order valence-corrected chi connectivity index (χ4v) is 2.05. The molecule has 0 bridgehead atoms. The fourth-order valence-electron chi connectivity index (χ4n) is 2.05. The van der Waals surface area contributed by atoms with E-state index in [0.29, 0.717) is 6.54 Å². The number of aryl methyl sites for hydroxylation is 1. The van der Waals surface area contributed by atoms with Crippen LogP contribution < -0.4 is 10.6 Å². The molecule has 0 radical (unpaired) electrons. The number of hydrogen-bond acceptors (Lipinski definition) is 2. The minimum absolute atomic E-state index is 0.173. The third-order valence-electron chi connectivity index (χ3n) is 3.05.